The number of aryl methyl sites for hydroxylation is 1. The number of hydrogen-bond acceptors (Lipinski definition) is 5. The third-order valence-electron chi connectivity index (χ3n) is 3.67. The van der Waals surface area contributed by atoms with Crippen LogP contribution in [0.3, 0.4) is 0 Å². The summed E-state index contributed by atoms with van der Waals surface area (Å²) in [5.74, 6) is 0.944. The molecule has 1 aliphatic rings. The van der Waals surface area contributed by atoms with Gasteiger partial charge >= 0.3 is 6.03 Å². The molecule has 0 spiro atoms. The fraction of sp³-hybridized carbons (Fsp3) is 0.400. The molecule has 1 atom stereocenters. The molecule has 23 heavy (non-hydrogen) atoms. The van der Waals surface area contributed by atoms with Crippen LogP contribution in [0.1, 0.15) is 18.1 Å². The van der Waals surface area contributed by atoms with Crippen molar-refractivity contribution in [1.82, 2.24) is 20.8 Å². The van der Waals surface area contributed by atoms with Gasteiger partial charge in [0, 0.05) is 36.8 Å². The van der Waals surface area contributed by atoms with Crippen LogP contribution in [0.15, 0.2) is 28.8 Å². The van der Waals surface area contributed by atoms with E-state index in [0.29, 0.717) is 16.7 Å². The quantitative estimate of drug-likeness (QED) is 0.894. The Kier molecular flexibility index (Phi) is 4.66. The second-order valence-electron chi connectivity index (χ2n) is 5.47. The molecule has 2 amide bonds. The van der Waals surface area contributed by atoms with E-state index >= 15 is 0 Å². The van der Waals surface area contributed by atoms with E-state index in [4.69, 9.17) is 16.1 Å². The van der Waals surface area contributed by atoms with Crippen LogP contribution in [0.2, 0.25) is 5.02 Å². The topological polar surface area (TPSA) is 83.3 Å². The van der Waals surface area contributed by atoms with Gasteiger partial charge in [-0.25, -0.2) is 4.79 Å². The fourth-order valence-corrected chi connectivity index (χ4v) is 2.78. The van der Waals surface area contributed by atoms with E-state index in [9.17, 15) is 4.79 Å². The predicted octanol–water partition coefficient (Wildman–Crippen LogP) is 2.11. The zero-order valence-electron chi connectivity index (χ0n) is 12.8. The Morgan fingerprint density at radius 2 is 2.39 bits per heavy atom. The van der Waals surface area contributed by atoms with Crippen molar-refractivity contribution in [2.75, 3.05) is 18.0 Å². The number of nitrogens with zero attached hydrogens (tertiary/aromatic N) is 3. The van der Waals surface area contributed by atoms with Crippen LogP contribution in [0.4, 0.5) is 10.5 Å². The summed E-state index contributed by atoms with van der Waals surface area (Å²) in [4.78, 5) is 18.2. The predicted molar refractivity (Wildman–Crippen MR) is 86.5 cm³/mol. The number of carbonyl (C=O) groups excluding carboxylic acids is 1. The minimum absolute atomic E-state index is 0.0981. The number of benzene rings is 1. The first-order valence-electron chi connectivity index (χ1n) is 7.44. The van der Waals surface area contributed by atoms with E-state index < -0.39 is 0 Å². The van der Waals surface area contributed by atoms with E-state index in [1.807, 2.05) is 24.3 Å². The van der Waals surface area contributed by atoms with Crippen molar-refractivity contribution in [2.24, 2.45) is 0 Å². The van der Waals surface area contributed by atoms with Crippen LogP contribution in [0.5, 0.6) is 0 Å². The largest absolute Gasteiger partial charge is 0.369 e. The Bertz CT molecular complexity index is 690. The normalized spacial score (nSPS) is 17.3. The molecule has 7 nitrogen and oxygen atoms in total. The van der Waals surface area contributed by atoms with Crippen molar-refractivity contribution in [1.29, 1.82) is 0 Å². The van der Waals surface area contributed by atoms with Crippen LogP contribution in [-0.4, -0.2) is 35.3 Å². The van der Waals surface area contributed by atoms with Crippen LogP contribution < -0.4 is 15.5 Å². The zero-order valence-corrected chi connectivity index (χ0v) is 13.5. The molecule has 122 valence electrons. The maximum Gasteiger partial charge on any atom is 0.315 e. The van der Waals surface area contributed by atoms with Crippen molar-refractivity contribution in [2.45, 2.75) is 25.9 Å². The van der Waals surface area contributed by atoms with Gasteiger partial charge in [0.05, 0.1) is 6.54 Å². The van der Waals surface area contributed by atoms with Gasteiger partial charge in [-0.3, -0.25) is 0 Å². The number of urea groups is 1. The molecular weight excluding hydrogens is 318 g/mol. The number of amides is 2. The number of carbonyl (C=O) groups is 1. The van der Waals surface area contributed by atoms with Crippen molar-refractivity contribution >= 4 is 23.3 Å². The Labute approximate surface area is 139 Å². The molecule has 1 aromatic carbocycles. The van der Waals surface area contributed by atoms with E-state index in [1.165, 1.54) is 0 Å². The maximum atomic E-state index is 11.9. The number of halogens is 1. The molecular formula is C15H18ClN5O2. The van der Waals surface area contributed by atoms with E-state index in [0.717, 1.165) is 25.2 Å². The number of rotatable bonds is 4. The van der Waals surface area contributed by atoms with Crippen LogP contribution in [-0.2, 0) is 6.54 Å². The summed E-state index contributed by atoms with van der Waals surface area (Å²) in [6.45, 7) is 3.60. The molecule has 2 heterocycles. The third kappa shape index (κ3) is 4.13. The van der Waals surface area contributed by atoms with E-state index in [2.05, 4.69) is 25.7 Å². The molecule has 1 aliphatic heterocycles. The molecule has 1 aromatic heterocycles. The van der Waals surface area contributed by atoms with Crippen LogP contribution in [0.25, 0.3) is 0 Å². The lowest BCUT2D eigenvalue weighted by Gasteiger charge is -2.19. The molecule has 1 saturated heterocycles. The van der Waals surface area contributed by atoms with Gasteiger partial charge in [0.25, 0.3) is 0 Å². The smallest absolute Gasteiger partial charge is 0.315 e. The summed E-state index contributed by atoms with van der Waals surface area (Å²) >= 11 is 6.02. The summed E-state index contributed by atoms with van der Waals surface area (Å²) in [6.07, 6.45) is 0.890. The fourth-order valence-electron chi connectivity index (χ4n) is 2.59. The third-order valence-corrected chi connectivity index (χ3v) is 3.91. The first-order valence-corrected chi connectivity index (χ1v) is 7.82. The number of hydrogen-bond donors (Lipinski definition) is 2. The van der Waals surface area contributed by atoms with Crippen molar-refractivity contribution in [3.63, 3.8) is 0 Å². The van der Waals surface area contributed by atoms with Crippen molar-refractivity contribution in [3.05, 3.63) is 41.0 Å². The monoisotopic (exact) mass is 335 g/mol. The average molecular weight is 336 g/mol. The van der Waals surface area contributed by atoms with Gasteiger partial charge in [0.1, 0.15) is 0 Å². The summed E-state index contributed by atoms with van der Waals surface area (Å²) in [5.41, 5.74) is 1.07. The summed E-state index contributed by atoms with van der Waals surface area (Å²) in [7, 11) is 0. The molecule has 2 N–H and O–H groups in total. The standard InChI is InChI=1S/C15H18ClN5O2/c1-10-18-14(20-23-10)8-17-15(22)19-12-5-6-21(9-12)13-4-2-3-11(16)7-13/h2-4,7,12H,5-6,8-9H2,1H3,(H2,17,19,22)/t12-/m0/s1. The molecule has 0 unspecified atom stereocenters. The SMILES string of the molecule is Cc1nc(CNC(=O)N[C@H]2CCN(c3cccc(Cl)c3)C2)no1. The minimum atomic E-state index is -0.231. The minimum Gasteiger partial charge on any atom is -0.369 e. The number of anilines is 1. The first-order chi connectivity index (χ1) is 11.1. The molecule has 0 saturated carbocycles. The van der Waals surface area contributed by atoms with Crippen LogP contribution >= 0.6 is 11.6 Å². The van der Waals surface area contributed by atoms with E-state index in [1.54, 1.807) is 6.92 Å². The second kappa shape index (κ2) is 6.87. The van der Waals surface area contributed by atoms with Crippen molar-refractivity contribution in [3.8, 4) is 0 Å². The highest BCUT2D eigenvalue weighted by molar-refractivity contribution is 6.30. The highest BCUT2D eigenvalue weighted by Crippen LogP contribution is 2.23. The van der Waals surface area contributed by atoms with Gasteiger partial charge in [-0.05, 0) is 24.6 Å². The maximum absolute atomic E-state index is 11.9. The molecule has 0 aliphatic carbocycles. The summed E-state index contributed by atoms with van der Waals surface area (Å²) in [5, 5.41) is 10.1. The Hall–Kier alpha value is -2.28. The second-order valence-corrected chi connectivity index (χ2v) is 5.90. The highest BCUT2D eigenvalue weighted by atomic mass is 35.5. The Balaban J connectivity index is 1.46. The first kappa shape index (κ1) is 15.6. The molecule has 8 heteroatoms. The average Bonchev–Trinajstić information content (AvgIpc) is 3.14. The zero-order chi connectivity index (χ0) is 16.2. The lowest BCUT2D eigenvalue weighted by Crippen LogP contribution is -2.43. The molecule has 3 rings (SSSR count). The van der Waals surface area contributed by atoms with Gasteiger partial charge < -0.3 is 20.1 Å². The molecule has 0 bridgehead atoms. The summed E-state index contributed by atoms with van der Waals surface area (Å²) < 4.78 is 4.85. The molecule has 0 radical (unpaired) electrons. The number of nitrogens with one attached hydrogen (secondary N) is 2. The van der Waals surface area contributed by atoms with Gasteiger partial charge in [-0.1, -0.05) is 22.8 Å². The Morgan fingerprint density at radius 1 is 1.52 bits per heavy atom. The van der Waals surface area contributed by atoms with Crippen molar-refractivity contribution < 1.29 is 9.32 Å². The highest BCUT2D eigenvalue weighted by Gasteiger charge is 2.24. The lowest BCUT2D eigenvalue weighted by atomic mass is 10.3. The van der Waals surface area contributed by atoms with Gasteiger partial charge in [-0.2, -0.15) is 4.98 Å². The molecule has 1 fully saturated rings. The molecule has 2 aromatic rings. The summed E-state index contributed by atoms with van der Waals surface area (Å²) in [6, 6.07) is 7.60. The lowest BCUT2D eigenvalue weighted by molar-refractivity contribution is 0.237. The van der Waals surface area contributed by atoms with Gasteiger partial charge in [-0.15, -0.1) is 0 Å². The van der Waals surface area contributed by atoms with Gasteiger partial charge in [0.15, 0.2) is 5.82 Å². The van der Waals surface area contributed by atoms with Gasteiger partial charge in [0.2, 0.25) is 5.89 Å². The number of aromatic nitrogens is 2. The van der Waals surface area contributed by atoms with Crippen LogP contribution in [0, 0.1) is 6.92 Å². The van der Waals surface area contributed by atoms with E-state index in [-0.39, 0.29) is 18.6 Å². The Morgan fingerprint density at radius 3 is 3.13 bits per heavy atom.